The second kappa shape index (κ2) is 9.53. The van der Waals surface area contributed by atoms with Crippen molar-refractivity contribution >= 4 is 33.4 Å². The van der Waals surface area contributed by atoms with E-state index >= 15 is 0 Å². The van der Waals surface area contributed by atoms with Crippen LogP contribution in [0.1, 0.15) is 36.0 Å². The normalized spacial score (nSPS) is 14.7. The van der Waals surface area contributed by atoms with E-state index in [1.165, 1.54) is 36.4 Å². The van der Waals surface area contributed by atoms with Crippen LogP contribution in [0, 0.1) is 0 Å². The number of carbonyl (C=O) groups excluding carboxylic acids is 3. The van der Waals surface area contributed by atoms with Crippen LogP contribution in [0.4, 0.5) is 5.69 Å². The standard InChI is InChI=1S/C21H23N3O5S/c25-19(15-24-14-6-2-5-9-20(24)26)22-17-10-12-18(13-11-17)30(28,29)23-21(27)16-7-3-1-4-8-16/h1,3-4,7-8,10-13H,2,5-6,9,14-15H2,(H,22,25)(H,23,27). The maximum absolute atomic E-state index is 12.4. The lowest BCUT2D eigenvalue weighted by Gasteiger charge is -2.19. The number of hydrogen-bond donors (Lipinski definition) is 2. The van der Waals surface area contributed by atoms with Gasteiger partial charge in [-0.1, -0.05) is 24.6 Å². The van der Waals surface area contributed by atoms with E-state index in [1.807, 2.05) is 4.72 Å². The van der Waals surface area contributed by atoms with Crippen molar-refractivity contribution in [2.75, 3.05) is 18.4 Å². The second-order valence-corrected chi connectivity index (χ2v) is 8.68. The third-order valence-electron chi connectivity index (χ3n) is 4.72. The van der Waals surface area contributed by atoms with E-state index in [2.05, 4.69) is 5.32 Å². The molecule has 2 aromatic carbocycles. The summed E-state index contributed by atoms with van der Waals surface area (Å²) in [5.41, 5.74) is 0.628. The Labute approximate surface area is 175 Å². The third-order valence-corrected chi connectivity index (χ3v) is 6.06. The topological polar surface area (TPSA) is 113 Å². The van der Waals surface area contributed by atoms with Gasteiger partial charge < -0.3 is 10.2 Å². The zero-order valence-corrected chi connectivity index (χ0v) is 17.2. The molecule has 3 amide bonds. The SMILES string of the molecule is O=C(CN1CCCCCC1=O)Nc1ccc(S(=O)(=O)NC(=O)c2ccccc2)cc1. The Morgan fingerprint density at radius 3 is 2.33 bits per heavy atom. The Morgan fingerprint density at radius 2 is 1.63 bits per heavy atom. The van der Waals surface area contributed by atoms with Gasteiger partial charge in [-0.05, 0) is 49.2 Å². The summed E-state index contributed by atoms with van der Waals surface area (Å²) >= 11 is 0. The van der Waals surface area contributed by atoms with Gasteiger partial charge in [0.25, 0.3) is 15.9 Å². The molecule has 2 N–H and O–H groups in total. The van der Waals surface area contributed by atoms with Crippen molar-refractivity contribution < 1.29 is 22.8 Å². The number of sulfonamides is 1. The Morgan fingerprint density at radius 1 is 0.933 bits per heavy atom. The van der Waals surface area contributed by atoms with Crippen molar-refractivity contribution in [1.29, 1.82) is 0 Å². The van der Waals surface area contributed by atoms with Gasteiger partial charge >= 0.3 is 0 Å². The second-order valence-electron chi connectivity index (χ2n) is 7.00. The van der Waals surface area contributed by atoms with Crippen LogP contribution in [-0.4, -0.2) is 44.1 Å². The third kappa shape index (κ3) is 5.66. The highest BCUT2D eigenvalue weighted by Gasteiger charge is 2.20. The predicted molar refractivity (Wildman–Crippen MR) is 111 cm³/mol. The summed E-state index contributed by atoms with van der Waals surface area (Å²) in [6, 6.07) is 13.5. The first-order valence-electron chi connectivity index (χ1n) is 9.65. The highest BCUT2D eigenvalue weighted by atomic mass is 32.2. The van der Waals surface area contributed by atoms with Gasteiger partial charge in [0.15, 0.2) is 0 Å². The van der Waals surface area contributed by atoms with Gasteiger partial charge in [-0.25, -0.2) is 13.1 Å². The first kappa shape index (κ1) is 21.5. The number of amides is 3. The number of anilines is 1. The molecule has 3 rings (SSSR count). The molecule has 0 spiro atoms. The fourth-order valence-electron chi connectivity index (χ4n) is 3.13. The van der Waals surface area contributed by atoms with Gasteiger partial charge in [0.05, 0.1) is 11.4 Å². The summed E-state index contributed by atoms with van der Waals surface area (Å²) in [6.45, 7) is 0.524. The largest absolute Gasteiger partial charge is 0.333 e. The molecule has 9 heteroatoms. The molecule has 1 heterocycles. The molecule has 2 aromatic rings. The van der Waals surface area contributed by atoms with Crippen molar-refractivity contribution in [3.63, 3.8) is 0 Å². The van der Waals surface area contributed by atoms with Crippen LogP contribution in [0.15, 0.2) is 59.5 Å². The lowest BCUT2D eigenvalue weighted by atomic mass is 10.2. The quantitative estimate of drug-likeness (QED) is 0.731. The number of hydrogen-bond acceptors (Lipinski definition) is 5. The molecular weight excluding hydrogens is 406 g/mol. The minimum atomic E-state index is -4.05. The number of nitrogens with one attached hydrogen (secondary N) is 2. The first-order valence-corrected chi connectivity index (χ1v) is 11.1. The fraction of sp³-hybridized carbons (Fsp3) is 0.286. The number of likely N-dealkylation sites (tertiary alicyclic amines) is 1. The molecule has 0 atom stereocenters. The molecule has 1 saturated heterocycles. The number of carbonyl (C=O) groups is 3. The molecule has 1 aliphatic heterocycles. The molecule has 0 unspecified atom stereocenters. The van der Waals surface area contributed by atoms with Crippen LogP contribution in [0.2, 0.25) is 0 Å². The lowest BCUT2D eigenvalue weighted by molar-refractivity contribution is -0.134. The fourth-order valence-corrected chi connectivity index (χ4v) is 4.10. The molecule has 1 fully saturated rings. The zero-order valence-electron chi connectivity index (χ0n) is 16.3. The zero-order chi connectivity index (χ0) is 21.6. The Balaban J connectivity index is 1.60. The summed E-state index contributed by atoms with van der Waals surface area (Å²) in [5.74, 6) is -1.11. The molecule has 30 heavy (non-hydrogen) atoms. The van der Waals surface area contributed by atoms with E-state index in [-0.39, 0.29) is 28.8 Å². The summed E-state index contributed by atoms with van der Waals surface area (Å²) in [4.78, 5) is 37.8. The highest BCUT2D eigenvalue weighted by molar-refractivity contribution is 7.90. The molecule has 158 valence electrons. The Kier molecular flexibility index (Phi) is 6.83. The summed E-state index contributed by atoms with van der Waals surface area (Å²) < 4.78 is 26.9. The minimum Gasteiger partial charge on any atom is -0.333 e. The van der Waals surface area contributed by atoms with Crippen molar-refractivity contribution in [1.82, 2.24) is 9.62 Å². The molecule has 0 saturated carbocycles. The average molecular weight is 429 g/mol. The van der Waals surface area contributed by atoms with Crippen molar-refractivity contribution in [3.8, 4) is 0 Å². The van der Waals surface area contributed by atoms with Crippen LogP contribution in [0.5, 0.6) is 0 Å². The molecule has 0 radical (unpaired) electrons. The maximum Gasteiger partial charge on any atom is 0.264 e. The number of rotatable bonds is 6. The van der Waals surface area contributed by atoms with E-state index < -0.39 is 15.9 Å². The van der Waals surface area contributed by atoms with Gasteiger partial charge in [-0.15, -0.1) is 0 Å². The van der Waals surface area contributed by atoms with Crippen molar-refractivity contribution in [2.24, 2.45) is 0 Å². The van der Waals surface area contributed by atoms with Crippen molar-refractivity contribution in [3.05, 3.63) is 60.2 Å². The van der Waals surface area contributed by atoms with E-state index in [0.29, 0.717) is 18.7 Å². The van der Waals surface area contributed by atoms with Crippen LogP contribution < -0.4 is 10.0 Å². The summed E-state index contributed by atoms with van der Waals surface area (Å²) in [6.07, 6.45) is 3.14. The molecule has 1 aliphatic rings. The smallest absolute Gasteiger partial charge is 0.264 e. The predicted octanol–water partition coefficient (Wildman–Crippen LogP) is 2.15. The lowest BCUT2D eigenvalue weighted by Crippen LogP contribution is -2.37. The van der Waals surface area contributed by atoms with E-state index in [1.54, 1.807) is 23.1 Å². The monoisotopic (exact) mass is 429 g/mol. The number of benzene rings is 2. The molecule has 0 aromatic heterocycles. The van der Waals surface area contributed by atoms with Gasteiger partial charge in [0.1, 0.15) is 0 Å². The molecular formula is C21H23N3O5S. The molecule has 0 bridgehead atoms. The van der Waals surface area contributed by atoms with Gasteiger partial charge in [-0.2, -0.15) is 0 Å². The summed E-state index contributed by atoms with van der Waals surface area (Å²) in [5, 5.41) is 2.66. The van der Waals surface area contributed by atoms with Gasteiger partial charge in [-0.3, -0.25) is 14.4 Å². The van der Waals surface area contributed by atoms with Crippen LogP contribution in [0.25, 0.3) is 0 Å². The van der Waals surface area contributed by atoms with Crippen LogP contribution in [-0.2, 0) is 19.6 Å². The van der Waals surface area contributed by atoms with Gasteiger partial charge in [0.2, 0.25) is 11.8 Å². The van der Waals surface area contributed by atoms with Crippen LogP contribution >= 0.6 is 0 Å². The highest BCUT2D eigenvalue weighted by Crippen LogP contribution is 2.15. The van der Waals surface area contributed by atoms with Crippen LogP contribution in [0.3, 0.4) is 0 Å². The first-order chi connectivity index (χ1) is 14.3. The minimum absolute atomic E-state index is 0.0294. The van der Waals surface area contributed by atoms with E-state index in [4.69, 9.17) is 0 Å². The van der Waals surface area contributed by atoms with E-state index in [0.717, 1.165) is 19.3 Å². The number of nitrogens with zero attached hydrogens (tertiary/aromatic N) is 1. The summed E-state index contributed by atoms with van der Waals surface area (Å²) in [7, 11) is -4.05. The maximum atomic E-state index is 12.4. The Bertz CT molecular complexity index is 1020. The molecule has 8 nitrogen and oxygen atoms in total. The van der Waals surface area contributed by atoms with Gasteiger partial charge in [0, 0.05) is 24.2 Å². The van der Waals surface area contributed by atoms with Crippen molar-refractivity contribution in [2.45, 2.75) is 30.6 Å². The van der Waals surface area contributed by atoms with E-state index in [9.17, 15) is 22.8 Å². The Hall–Kier alpha value is -3.20. The molecule has 0 aliphatic carbocycles. The average Bonchev–Trinajstić information content (AvgIpc) is 2.93.